The highest BCUT2D eigenvalue weighted by Gasteiger charge is 2.48. The van der Waals surface area contributed by atoms with E-state index in [1.165, 1.54) is 10.5 Å². The van der Waals surface area contributed by atoms with Gasteiger partial charge in [0.1, 0.15) is 5.65 Å². The van der Waals surface area contributed by atoms with Crippen LogP contribution in [-0.4, -0.2) is 68.7 Å². The van der Waals surface area contributed by atoms with E-state index in [9.17, 15) is 18.3 Å². The molecular formula is C21H30N4O4S. The first-order valence-electron chi connectivity index (χ1n) is 10.5. The van der Waals surface area contributed by atoms with Crippen molar-refractivity contribution < 1.29 is 18.3 Å². The number of hydrogen-bond donors (Lipinski definition) is 2. The van der Waals surface area contributed by atoms with E-state index in [4.69, 9.17) is 0 Å². The highest BCUT2D eigenvalue weighted by atomic mass is 32.2. The summed E-state index contributed by atoms with van der Waals surface area (Å²) in [4.78, 5) is 20.6. The Morgan fingerprint density at radius 3 is 2.53 bits per heavy atom. The second kappa shape index (κ2) is 7.53. The van der Waals surface area contributed by atoms with Crippen LogP contribution < -0.4 is 0 Å². The number of nitrogens with one attached hydrogen (secondary N) is 1. The summed E-state index contributed by atoms with van der Waals surface area (Å²) in [6, 6.07) is 3.73. The SMILES string of the molecule is CC(C)(C)N(C(=O)O)C1CC(S(=O)(=O)N2CCC(c3c[nH]c4ncccc34)CC2)C1. The van der Waals surface area contributed by atoms with Crippen molar-refractivity contribution in [1.82, 2.24) is 19.2 Å². The molecule has 1 aliphatic carbocycles. The molecule has 2 aliphatic rings. The van der Waals surface area contributed by atoms with Crippen LogP contribution in [-0.2, 0) is 10.0 Å². The number of piperidine rings is 1. The van der Waals surface area contributed by atoms with Crippen molar-refractivity contribution >= 4 is 27.1 Å². The first-order chi connectivity index (χ1) is 14.1. The van der Waals surface area contributed by atoms with Gasteiger partial charge < -0.3 is 15.0 Å². The van der Waals surface area contributed by atoms with E-state index in [1.807, 2.05) is 33.0 Å². The molecule has 9 heteroatoms. The molecule has 0 aromatic carbocycles. The molecule has 1 saturated carbocycles. The molecule has 0 spiro atoms. The lowest BCUT2D eigenvalue weighted by atomic mass is 9.87. The van der Waals surface area contributed by atoms with Gasteiger partial charge in [0.2, 0.25) is 10.0 Å². The fourth-order valence-corrected chi connectivity index (χ4v) is 7.00. The standard InChI is InChI=1S/C21H30N4O4S/c1-21(2,3)25(20(26)27)15-11-16(12-15)30(28,29)24-9-6-14(7-10-24)18-13-23-19-17(18)5-4-8-22-19/h4-5,8,13-16H,6-7,9-12H2,1-3H3,(H,22,23)(H,26,27). The Morgan fingerprint density at radius 2 is 1.93 bits per heavy atom. The largest absolute Gasteiger partial charge is 0.465 e. The number of rotatable bonds is 4. The molecule has 2 aromatic heterocycles. The van der Waals surface area contributed by atoms with Crippen LogP contribution in [0.5, 0.6) is 0 Å². The number of aromatic amines is 1. The molecule has 2 N–H and O–H groups in total. The predicted octanol–water partition coefficient (Wildman–Crippen LogP) is 3.38. The lowest BCUT2D eigenvalue weighted by molar-refractivity contribution is 0.0427. The van der Waals surface area contributed by atoms with E-state index in [-0.39, 0.29) is 6.04 Å². The minimum Gasteiger partial charge on any atom is -0.465 e. The van der Waals surface area contributed by atoms with Crippen molar-refractivity contribution in [3.05, 3.63) is 30.1 Å². The molecule has 2 aromatic rings. The predicted molar refractivity (Wildman–Crippen MR) is 115 cm³/mol. The van der Waals surface area contributed by atoms with E-state index >= 15 is 0 Å². The van der Waals surface area contributed by atoms with Crippen LogP contribution in [0.15, 0.2) is 24.5 Å². The van der Waals surface area contributed by atoms with Crippen molar-refractivity contribution in [3.8, 4) is 0 Å². The Hall–Kier alpha value is -2.13. The van der Waals surface area contributed by atoms with Gasteiger partial charge in [-0.1, -0.05) is 0 Å². The zero-order valence-electron chi connectivity index (χ0n) is 17.7. The number of pyridine rings is 1. The van der Waals surface area contributed by atoms with Gasteiger partial charge in [-0.05, 0) is 70.1 Å². The van der Waals surface area contributed by atoms with Crippen LogP contribution in [0.25, 0.3) is 11.0 Å². The van der Waals surface area contributed by atoms with Gasteiger partial charge in [0, 0.05) is 42.5 Å². The number of aromatic nitrogens is 2. The maximum atomic E-state index is 13.1. The van der Waals surface area contributed by atoms with Gasteiger partial charge in [-0.15, -0.1) is 0 Å². The number of carbonyl (C=O) groups is 1. The third kappa shape index (κ3) is 3.69. The monoisotopic (exact) mass is 434 g/mol. The summed E-state index contributed by atoms with van der Waals surface area (Å²) in [5.41, 5.74) is 1.53. The van der Waals surface area contributed by atoms with Crippen LogP contribution in [0, 0.1) is 0 Å². The second-order valence-electron chi connectivity index (χ2n) is 9.43. The minimum absolute atomic E-state index is 0.237. The molecule has 30 heavy (non-hydrogen) atoms. The molecule has 0 unspecified atom stereocenters. The second-order valence-corrected chi connectivity index (χ2v) is 11.6. The van der Waals surface area contributed by atoms with Gasteiger partial charge in [-0.3, -0.25) is 0 Å². The average molecular weight is 435 g/mol. The zero-order valence-corrected chi connectivity index (χ0v) is 18.5. The maximum Gasteiger partial charge on any atom is 0.407 e. The van der Waals surface area contributed by atoms with Crippen LogP contribution in [0.1, 0.15) is 57.9 Å². The lowest BCUT2D eigenvalue weighted by Crippen LogP contribution is -2.60. The molecule has 1 aliphatic heterocycles. The van der Waals surface area contributed by atoms with Crippen LogP contribution in [0.2, 0.25) is 0 Å². The van der Waals surface area contributed by atoms with Crippen molar-refractivity contribution in [3.63, 3.8) is 0 Å². The van der Waals surface area contributed by atoms with Crippen molar-refractivity contribution in [1.29, 1.82) is 0 Å². The first-order valence-corrected chi connectivity index (χ1v) is 12.0. The van der Waals surface area contributed by atoms with E-state index < -0.39 is 26.9 Å². The Kier molecular flexibility index (Phi) is 5.30. The van der Waals surface area contributed by atoms with Gasteiger partial charge in [-0.2, -0.15) is 0 Å². The Morgan fingerprint density at radius 1 is 1.27 bits per heavy atom. The molecule has 4 rings (SSSR count). The smallest absolute Gasteiger partial charge is 0.407 e. The normalized spacial score (nSPS) is 24.0. The van der Waals surface area contributed by atoms with Gasteiger partial charge in [-0.25, -0.2) is 22.5 Å². The summed E-state index contributed by atoms with van der Waals surface area (Å²) in [6.07, 6.45) is 5.07. The summed E-state index contributed by atoms with van der Waals surface area (Å²) in [5.74, 6) is 0.312. The molecule has 1 amide bonds. The molecule has 0 bridgehead atoms. The van der Waals surface area contributed by atoms with Gasteiger partial charge >= 0.3 is 6.09 Å². The van der Waals surface area contributed by atoms with Gasteiger partial charge in [0.25, 0.3) is 0 Å². The molecule has 8 nitrogen and oxygen atoms in total. The van der Waals surface area contributed by atoms with Gasteiger partial charge in [0.05, 0.1) is 5.25 Å². The van der Waals surface area contributed by atoms with E-state index in [0.717, 1.165) is 23.9 Å². The quantitative estimate of drug-likeness (QED) is 0.767. The number of nitrogens with zero attached hydrogens (tertiary/aromatic N) is 3. The Bertz CT molecular complexity index is 1030. The average Bonchev–Trinajstić information content (AvgIpc) is 3.07. The summed E-state index contributed by atoms with van der Waals surface area (Å²) < 4.78 is 27.8. The fraction of sp³-hybridized carbons (Fsp3) is 0.619. The number of carboxylic acid groups (broad SMARTS) is 1. The molecule has 2 fully saturated rings. The van der Waals surface area contributed by atoms with Gasteiger partial charge in [0.15, 0.2) is 0 Å². The van der Waals surface area contributed by atoms with E-state index in [0.29, 0.717) is 31.8 Å². The topological polar surface area (TPSA) is 107 Å². The maximum absolute atomic E-state index is 13.1. The molecule has 0 atom stereocenters. The number of fused-ring (bicyclic) bond motifs is 1. The number of amides is 1. The molecule has 0 radical (unpaired) electrons. The summed E-state index contributed by atoms with van der Waals surface area (Å²) >= 11 is 0. The van der Waals surface area contributed by atoms with E-state index in [1.54, 1.807) is 10.5 Å². The highest BCUT2D eigenvalue weighted by molar-refractivity contribution is 7.89. The Balaban J connectivity index is 1.38. The Labute approximate surface area is 177 Å². The van der Waals surface area contributed by atoms with Crippen LogP contribution in [0.4, 0.5) is 4.79 Å². The third-order valence-corrected chi connectivity index (χ3v) is 8.83. The molecule has 1 saturated heterocycles. The zero-order chi connectivity index (χ0) is 21.7. The minimum atomic E-state index is -3.40. The summed E-state index contributed by atoms with van der Waals surface area (Å²) in [5, 5.41) is 10.2. The summed E-state index contributed by atoms with van der Waals surface area (Å²) in [7, 11) is -3.40. The van der Waals surface area contributed by atoms with Crippen LogP contribution in [0.3, 0.4) is 0 Å². The molecule has 3 heterocycles. The number of hydrogen-bond acceptors (Lipinski definition) is 4. The first kappa shape index (κ1) is 21.1. The molecular weight excluding hydrogens is 404 g/mol. The van der Waals surface area contributed by atoms with Crippen molar-refractivity contribution in [2.45, 2.75) is 69.2 Å². The molecule has 164 valence electrons. The number of H-pyrrole nitrogens is 1. The fourth-order valence-electron chi connectivity index (χ4n) is 4.93. The number of sulfonamides is 1. The van der Waals surface area contributed by atoms with Crippen molar-refractivity contribution in [2.24, 2.45) is 0 Å². The van der Waals surface area contributed by atoms with Crippen molar-refractivity contribution in [2.75, 3.05) is 13.1 Å². The lowest BCUT2D eigenvalue weighted by Gasteiger charge is -2.48. The highest BCUT2D eigenvalue weighted by Crippen LogP contribution is 2.39. The van der Waals surface area contributed by atoms with E-state index in [2.05, 4.69) is 16.0 Å². The van der Waals surface area contributed by atoms with Crippen LogP contribution >= 0.6 is 0 Å². The third-order valence-electron chi connectivity index (χ3n) is 6.52. The summed E-state index contributed by atoms with van der Waals surface area (Å²) in [6.45, 7) is 6.53.